The maximum absolute atomic E-state index is 13.0. The second kappa shape index (κ2) is 10.4. The van der Waals surface area contributed by atoms with Crippen molar-refractivity contribution in [1.29, 1.82) is 0 Å². The Labute approximate surface area is 183 Å². The number of allylic oxidation sites excluding steroid dienone is 1. The molecule has 0 spiro atoms. The molecule has 2 N–H and O–H groups in total. The van der Waals surface area contributed by atoms with E-state index in [1.165, 1.54) is 7.11 Å². The molecule has 0 fully saturated rings. The zero-order valence-electron chi connectivity index (χ0n) is 17.1. The Hall–Kier alpha value is -3.71. The topological polar surface area (TPSA) is 84.5 Å². The van der Waals surface area contributed by atoms with Crippen molar-refractivity contribution in [2.45, 2.75) is 11.8 Å². The molecule has 0 saturated carbocycles. The van der Waals surface area contributed by atoms with Crippen molar-refractivity contribution < 1.29 is 18.5 Å². The zero-order valence-corrected chi connectivity index (χ0v) is 17.9. The third-order valence-electron chi connectivity index (χ3n) is 4.55. The Morgan fingerprint density at radius 3 is 2.32 bits per heavy atom. The number of benzene rings is 3. The van der Waals surface area contributed by atoms with Gasteiger partial charge in [0.05, 0.1) is 12.8 Å². The van der Waals surface area contributed by atoms with Gasteiger partial charge in [-0.2, -0.15) is 0 Å². The second-order valence-corrected chi connectivity index (χ2v) is 7.75. The van der Waals surface area contributed by atoms with E-state index < -0.39 is 11.0 Å². The average Bonchev–Trinajstić information content (AvgIpc) is 2.81. The first-order chi connectivity index (χ1) is 15.0. The SMILES string of the molecule is COc1ccccc1S(=O)Nc1cccc(NC=O)c1/C=C(\C)C(=O)c1ccccc1. The van der Waals surface area contributed by atoms with Gasteiger partial charge in [-0.3, -0.25) is 9.59 Å². The van der Waals surface area contributed by atoms with E-state index >= 15 is 0 Å². The Morgan fingerprint density at radius 1 is 0.935 bits per heavy atom. The minimum atomic E-state index is -1.64. The van der Waals surface area contributed by atoms with Crippen LogP contribution in [0.1, 0.15) is 22.8 Å². The lowest BCUT2D eigenvalue weighted by Gasteiger charge is -2.15. The third-order valence-corrected chi connectivity index (χ3v) is 5.69. The van der Waals surface area contributed by atoms with E-state index in [9.17, 15) is 13.8 Å². The minimum absolute atomic E-state index is 0.140. The summed E-state index contributed by atoms with van der Waals surface area (Å²) in [5.74, 6) is 0.348. The molecule has 0 saturated heterocycles. The zero-order chi connectivity index (χ0) is 22.2. The summed E-state index contributed by atoms with van der Waals surface area (Å²) in [4.78, 5) is 24.4. The molecular formula is C24H22N2O4S. The van der Waals surface area contributed by atoms with Crippen LogP contribution in [0.2, 0.25) is 0 Å². The Bertz CT molecular complexity index is 1140. The first-order valence-corrected chi connectivity index (χ1v) is 10.6. The molecule has 6 nitrogen and oxygen atoms in total. The van der Waals surface area contributed by atoms with Gasteiger partial charge in [-0.1, -0.05) is 48.5 Å². The lowest BCUT2D eigenvalue weighted by Crippen LogP contribution is -2.09. The number of carbonyl (C=O) groups excluding carboxylic acids is 2. The number of ether oxygens (including phenoxy) is 1. The minimum Gasteiger partial charge on any atom is -0.495 e. The molecule has 1 amide bonds. The molecule has 0 aromatic heterocycles. The quantitative estimate of drug-likeness (QED) is 0.291. The van der Waals surface area contributed by atoms with E-state index in [0.29, 0.717) is 45.1 Å². The number of methoxy groups -OCH3 is 1. The van der Waals surface area contributed by atoms with Gasteiger partial charge >= 0.3 is 0 Å². The number of amides is 1. The highest BCUT2D eigenvalue weighted by molar-refractivity contribution is 7.86. The summed E-state index contributed by atoms with van der Waals surface area (Å²) in [7, 11) is -0.124. The fraction of sp³-hybridized carbons (Fsp3) is 0.0833. The van der Waals surface area contributed by atoms with Crippen molar-refractivity contribution >= 4 is 40.6 Å². The van der Waals surface area contributed by atoms with Crippen molar-refractivity contribution in [3.05, 3.63) is 89.5 Å². The smallest absolute Gasteiger partial charge is 0.211 e. The predicted molar refractivity (Wildman–Crippen MR) is 124 cm³/mol. The monoisotopic (exact) mass is 434 g/mol. The lowest BCUT2D eigenvalue weighted by molar-refractivity contribution is -0.105. The van der Waals surface area contributed by atoms with Crippen molar-refractivity contribution in [2.75, 3.05) is 17.1 Å². The highest BCUT2D eigenvalue weighted by Crippen LogP contribution is 2.30. The standard InChI is InChI=1S/C24H22N2O4S/c1-17(24(28)18-9-4-3-5-10-18)15-19-20(25-16-27)11-8-12-21(19)26-31(29)23-14-7-6-13-22(23)30-2/h3-16,26H,1-2H3,(H,25,27)/b17-15+. The molecule has 3 rings (SSSR count). The molecule has 0 heterocycles. The van der Waals surface area contributed by atoms with Crippen LogP contribution in [0, 0.1) is 0 Å². The molecule has 1 unspecified atom stereocenters. The summed E-state index contributed by atoms with van der Waals surface area (Å²) in [6.07, 6.45) is 2.23. The van der Waals surface area contributed by atoms with Crippen molar-refractivity contribution in [3.63, 3.8) is 0 Å². The van der Waals surface area contributed by atoms with E-state index in [2.05, 4.69) is 10.0 Å². The summed E-state index contributed by atoms with van der Waals surface area (Å²) in [6, 6.07) is 21.1. The summed E-state index contributed by atoms with van der Waals surface area (Å²) >= 11 is 0. The van der Waals surface area contributed by atoms with Gasteiger partial charge in [0.25, 0.3) is 0 Å². The molecular weight excluding hydrogens is 412 g/mol. The average molecular weight is 435 g/mol. The number of carbonyl (C=O) groups is 2. The number of anilines is 2. The Balaban J connectivity index is 2.00. The number of hydrogen-bond acceptors (Lipinski definition) is 4. The molecule has 0 aliphatic heterocycles. The molecule has 0 aliphatic carbocycles. The summed E-state index contributed by atoms with van der Waals surface area (Å²) in [6.45, 7) is 1.70. The van der Waals surface area contributed by atoms with E-state index in [0.717, 1.165) is 0 Å². The van der Waals surface area contributed by atoms with Gasteiger partial charge in [-0.15, -0.1) is 0 Å². The summed E-state index contributed by atoms with van der Waals surface area (Å²) < 4.78 is 21.3. The van der Waals surface area contributed by atoms with Crippen molar-refractivity contribution in [3.8, 4) is 5.75 Å². The van der Waals surface area contributed by atoms with Gasteiger partial charge in [0.1, 0.15) is 10.6 Å². The fourth-order valence-electron chi connectivity index (χ4n) is 3.03. The maximum Gasteiger partial charge on any atom is 0.211 e. The van der Waals surface area contributed by atoms with Gasteiger partial charge in [-0.25, -0.2) is 4.21 Å². The molecule has 1 atom stereocenters. The number of ketones is 1. The van der Waals surface area contributed by atoms with Crippen molar-refractivity contribution in [1.82, 2.24) is 0 Å². The van der Waals surface area contributed by atoms with Gasteiger partial charge in [0, 0.05) is 16.8 Å². The molecule has 31 heavy (non-hydrogen) atoms. The van der Waals surface area contributed by atoms with Crippen LogP contribution in [0.3, 0.4) is 0 Å². The van der Waals surface area contributed by atoms with E-state index in [1.807, 2.05) is 6.07 Å². The van der Waals surface area contributed by atoms with Crippen LogP contribution in [-0.2, 0) is 15.8 Å². The number of nitrogens with one attached hydrogen (secondary N) is 2. The van der Waals surface area contributed by atoms with Crippen LogP contribution < -0.4 is 14.8 Å². The van der Waals surface area contributed by atoms with Crippen LogP contribution in [0.4, 0.5) is 11.4 Å². The molecule has 0 radical (unpaired) electrons. The summed E-state index contributed by atoms with van der Waals surface area (Å²) in [5.41, 5.74) is 2.55. The predicted octanol–water partition coefficient (Wildman–Crippen LogP) is 4.68. The normalized spacial score (nSPS) is 12.0. The lowest BCUT2D eigenvalue weighted by atomic mass is 10.0. The third kappa shape index (κ3) is 5.26. The molecule has 3 aromatic carbocycles. The van der Waals surface area contributed by atoms with Crippen LogP contribution in [0.25, 0.3) is 6.08 Å². The number of Topliss-reactive ketones (excluding diaryl/α,β-unsaturated/α-hetero) is 1. The van der Waals surface area contributed by atoms with Gasteiger partial charge in [0.2, 0.25) is 6.41 Å². The highest BCUT2D eigenvalue weighted by atomic mass is 32.2. The van der Waals surface area contributed by atoms with Gasteiger partial charge in [-0.05, 0) is 42.8 Å². The van der Waals surface area contributed by atoms with E-state index in [1.54, 1.807) is 79.7 Å². The Morgan fingerprint density at radius 2 is 1.61 bits per heavy atom. The first kappa shape index (κ1) is 22.0. The van der Waals surface area contributed by atoms with Crippen LogP contribution >= 0.6 is 0 Å². The van der Waals surface area contributed by atoms with Gasteiger partial charge in [0.15, 0.2) is 16.8 Å². The number of rotatable bonds is 9. The number of para-hydroxylation sites is 1. The molecule has 0 aliphatic rings. The first-order valence-electron chi connectivity index (χ1n) is 9.48. The molecule has 7 heteroatoms. The van der Waals surface area contributed by atoms with E-state index in [4.69, 9.17) is 4.74 Å². The van der Waals surface area contributed by atoms with Gasteiger partial charge < -0.3 is 14.8 Å². The fourth-order valence-corrected chi connectivity index (χ4v) is 4.05. The summed E-state index contributed by atoms with van der Waals surface area (Å²) in [5, 5.41) is 2.64. The van der Waals surface area contributed by atoms with Crippen molar-refractivity contribution in [2.24, 2.45) is 0 Å². The molecule has 3 aromatic rings. The second-order valence-electron chi connectivity index (χ2n) is 6.57. The van der Waals surface area contributed by atoms with Crippen LogP contribution in [-0.4, -0.2) is 23.5 Å². The number of hydrogen-bond donors (Lipinski definition) is 2. The highest BCUT2D eigenvalue weighted by Gasteiger charge is 2.15. The largest absolute Gasteiger partial charge is 0.495 e. The van der Waals surface area contributed by atoms with Crippen LogP contribution in [0.15, 0.2) is 83.3 Å². The Kier molecular flexibility index (Phi) is 7.35. The molecule has 158 valence electrons. The van der Waals surface area contributed by atoms with E-state index in [-0.39, 0.29) is 5.78 Å². The molecule has 0 bridgehead atoms. The van der Waals surface area contributed by atoms with Crippen LogP contribution in [0.5, 0.6) is 5.75 Å². The maximum atomic E-state index is 13.0.